The van der Waals surface area contributed by atoms with E-state index in [1.165, 1.54) is 4.90 Å². The first-order valence-corrected chi connectivity index (χ1v) is 8.89. The number of ether oxygens (including phenoxy) is 1. The van der Waals surface area contributed by atoms with Crippen molar-refractivity contribution in [1.82, 2.24) is 9.88 Å². The quantitative estimate of drug-likeness (QED) is 0.706. The Hall–Kier alpha value is -2.77. The predicted molar refractivity (Wildman–Crippen MR) is 100 cm³/mol. The molecule has 1 amide bonds. The van der Waals surface area contributed by atoms with Crippen LogP contribution in [0.15, 0.2) is 41.2 Å². The smallest absolute Gasteiger partial charge is 0.256 e. The van der Waals surface area contributed by atoms with Crippen LogP contribution >= 0.6 is 11.6 Å². The number of aromatic nitrogens is 1. The lowest BCUT2D eigenvalue weighted by Gasteiger charge is -2.34. The second-order valence-corrected chi connectivity index (χ2v) is 7.05. The van der Waals surface area contributed by atoms with Gasteiger partial charge >= 0.3 is 0 Å². The van der Waals surface area contributed by atoms with E-state index in [1.807, 2.05) is 0 Å². The highest BCUT2D eigenvalue weighted by Crippen LogP contribution is 2.34. The van der Waals surface area contributed by atoms with E-state index in [1.54, 1.807) is 31.3 Å². The number of hydrogen-bond acceptors (Lipinski definition) is 3. The van der Waals surface area contributed by atoms with E-state index in [4.69, 9.17) is 16.3 Å². The van der Waals surface area contributed by atoms with Crippen molar-refractivity contribution in [3.8, 4) is 0 Å². The Balaban J connectivity index is 1.86. The predicted octanol–water partition coefficient (Wildman–Crippen LogP) is 3.80. The number of amides is 1. The highest BCUT2D eigenvalue weighted by atomic mass is 35.5. The normalized spacial score (nSPS) is 16.1. The van der Waals surface area contributed by atoms with Gasteiger partial charge in [0.1, 0.15) is 0 Å². The fraction of sp³-hybridized carbons (Fsp3) is 0.200. The van der Waals surface area contributed by atoms with Crippen molar-refractivity contribution in [2.75, 3.05) is 13.7 Å². The average Bonchev–Trinajstić information content (AvgIpc) is 2.68. The largest absolute Gasteiger partial charge is 0.373 e. The third-order valence-corrected chi connectivity index (χ3v) is 5.13. The van der Waals surface area contributed by atoms with Crippen molar-refractivity contribution in [2.24, 2.45) is 0 Å². The molecule has 0 fully saturated rings. The third kappa shape index (κ3) is 3.06. The fourth-order valence-electron chi connectivity index (χ4n) is 3.51. The first kappa shape index (κ1) is 18.6. The van der Waals surface area contributed by atoms with Gasteiger partial charge < -0.3 is 14.6 Å². The molecule has 0 unspecified atom stereocenters. The second-order valence-electron chi connectivity index (χ2n) is 6.62. The van der Waals surface area contributed by atoms with Gasteiger partial charge in [0.2, 0.25) is 0 Å². The van der Waals surface area contributed by atoms with Gasteiger partial charge in [-0.2, -0.15) is 0 Å². The van der Waals surface area contributed by atoms with Gasteiger partial charge in [-0.25, -0.2) is 8.78 Å². The number of rotatable bonds is 2. The van der Waals surface area contributed by atoms with Crippen LogP contribution in [-0.4, -0.2) is 29.4 Å². The third-order valence-electron chi connectivity index (χ3n) is 4.90. The summed E-state index contributed by atoms with van der Waals surface area (Å²) in [5, 5.41) is 0.705. The van der Waals surface area contributed by atoms with Gasteiger partial charge in [0.25, 0.3) is 11.5 Å². The molecule has 4 rings (SSSR count). The molecule has 0 radical (unpaired) electrons. The molecule has 3 aromatic rings. The number of nitrogens with zero attached hydrogens (tertiary/aromatic N) is 1. The number of nitrogens with one attached hydrogen (secondary N) is 1. The summed E-state index contributed by atoms with van der Waals surface area (Å²) in [6.45, 7) is 0.255. The molecule has 1 aliphatic rings. The fourth-order valence-corrected chi connectivity index (χ4v) is 3.70. The van der Waals surface area contributed by atoms with E-state index in [2.05, 4.69) is 4.98 Å². The van der Waals surface area contributed by atoms with E-state index in [-0.39, 0.29) is 29.9 Å². The van der Waals surface area contributed by atoms with Crippen molar-refractivity contribution in [2.45, 2.75) is 12.6 Å². The van der Waals surface area contributed by atoms with Crippen LogP contribution < -0.4 is 5.56 Å². The summed E-state index contributed by atoms with van der Waals surface area (Å²) in [5.74, 6) is -2.48. The van der Waals surface area contributed by atoms with E-state index in [0.29, 0.717) is 21.8 Å². The first-order valence-electron chi connectivity index (χ1n) is 8.51. The molecule has 0 saturated carbocycles. The zero-order valence-electron chi connectivity index (χ0n) is 14.8. The van der Waals surface area contributed by atoms with Crippen LogP contribution in [0.1, 0.15) is 27.7 Å². The highest BCUT2D eigenvalue weighted by molar-refractivity contribution is 6.30. The summed E-state index contributed by atoms with van der Waals surface area (Å²) in [5.41, 5.74) is 0.817. The van der Waals surface area contributed by atoms with E-state index in [9.17, 15) is 18.4 Å². The molecule has 0 spiro atoms. The molecule has 144 valence electrons. The van der Waals surface area contributed by atoms with Crippen LogP contribution in [0.3, 0.4) is 0 Å². The Morgan fingerprint density at radius 2 is 1.93 bits per heavy atom. The summed E-state index contributed by atoms with van der Waals surface area (Å²) in [7, 11) is 1.59. The zero-order chi connectivity index (χ0) is 20.0. The number of pyridine rings is 1. The Morgan fingerprint density at radius 1 is 1.21 bits per heavy atom. The number of carbonyl (C=O) groups excluding carboxylic acids is 1. The number of likely N-dealkylation sites (N-methyl/N-ethyl adjacent to an activating group) is 1. The van der Waals surface area contributed by atoms with Gasteiger partial charge in [-0.15, -0.1) is 0 Å². The zero-order valence-corrected chi connectivity index (χ0v) is 15.5. The van der Waals surface area contributed by atoms with Gasteiger partial charge in [-0.3, -0.25) is 9.59 Å². The molecule has 1 atom stereocenters. The molecule has 28 heavy (non-hydrogen) atoms. The molecule has 0 bridgehead atoms. The summed E-state index contributed by atoms with van der Waals surface area (Å²) < 4.78 is 33.1. The van der Waals surface area contributed by atoms with Crippen LogP contribution in [0.25, 0.3) is 10.8 Å². The number of fused-ring (bicyclic) bond motifs is 3. The number of aromatic amines is 1. The SMILES string of the molecule is CN(C(=O)c1cccc(Cl)c1)[C@@H]1COCc2[nH]c(=O)c3cc(F)c(F)cc3c21. The molecule has 1 N–H and O–H groups in total. The summed E-state index contributed by atoms with van der Waals surface area (Å²) in [6.07, 6.45) is 0. The van der Waals surface area contributed by atoms with E-state index in [0.717, 1.165) is 12.1 Å². The Morgan fingerprint density at radius 3 is 2.64 bits per heavy atom. The number of halogens is 3. The molecular weight excluding hydrogens is 390 g/mol. The molecule has 5 nitrogen and oxygen atoms in total. The molecule has 1 aliphatic heterocycles. The monoisotopic (exact) mass is 404 g/mol. The topological polar surface area (TPSA) is 62.4 Å². The number of benzene rings is 2. The summed E-state index contributed by atoms with van der Waals surface area (Å²) >= 11 is 5.98. The molecule has 1 aromatic heterocycles. The average molecular weight is 405 g/mol. The van der Waals surface area contributed by atoms with Gasteiger partial charge in [-0.1, -0.05) is 17.7 Å². The van der Waals surface area contributed by atoms with Gasteiger partial charge in [0, 0.05) is 28.9 Å². The lowest BCUT2D eigenvalue weighted by atomic mass is 9.95. The molecular formula is C20H15ClF2N2O3. The maximum absolute atomic E-state index is 13.9. The van der Waals surface area contributed by atoms with Crippen molar-refractivity contribution in [3.63, 3.8) is 0 Å². The van der Waals surface area contributed by atoms with E-state index >= 15 is 0 Å². The maximum atomic E-state index is 13.9. The summed E-state index contributed by atoms with van der Waals surface area (Å²) in [6, 6.07) is 7.77. The van der Waals surface area contributed by atoms with Crippen molar-refractivity contribution in [3.05, 3.63) is 80.2 Å². The van der Waals surface area contributed by atoms with Crippen molar-refractivity contribution in [1.29, 1.82) is 0 Å². The lowest BCUT2D eigenvalue weighted by molar-refractivity contribution is 0.0335. The molecule has 8 heteroatoms. The minimum Gasteiger partial charge on any atom is -0.373 e. The van der Waals surface area contributed by atoms with Crippen molar-refractivity contribution >= 4 is 28.3 Å². The number of carbonyl (C=O) groups is 1. The van der Waals surface area contributed by atoms with Crippen LogP contribution in [-0.2, 0) is 11.3 Å². The molecule has 2 heterocycles. The van der Waals surface area contributed by atoms with Gasteiger partial charge in [-0.05, 0) is 35.7 Å². The number of hydrogen-bond donors (Lipinski definition) is 1. The van der Waals surface area contributed by atoms with Crippen LogP contribution in [0.2, 0.25) is 5.02 Å². The Bertz CT molecular complexity index is 1160. The van der Waals surface area contributed by atoms with Crippen LogP contribution in [0, 0.1) is 11.6 Å². The number of H-pyrrole nitrogens is 1. The second kappa shape index (κ2) is 7.00. The minimum atomic E-state index is -1.11. The maximum Gasteiger partial charge on any atom is 0.256 e. The molecule has 2 aromatic carbocycles. The minimum absolute atomic E-state index is 0.0214. The Labute approximate surface area is 163 Å². The summed E-state index contributed by atoms with van der Waals surface area (Å²) in [4.78, 5) is 29.3. The van der Waals surface area contributed by atoms with Gasteiger partial charge in [0.05, 0.1) is 24.6 Å². The van der Waals surface area contributed by atoms with Gasteiger partial charge in [0.15, 0.2) is 11.6 Å². The lowest BCUT2D eigenvalue weighted by Crippen LogP contribution is -2.37. The first-order chi connectivity index (χ1) is 13.4. The van der Waals surface area contributed by atoms with E-state index < -0.39 is 23.2 Å². The van der Waals surface area contributed by atoms with Crippen LogP contribution in [0.5, 0.6) is 0 Å². The molecule has 0 aliphatic carbocycles. The highest BCUT2D eigenvalue weighted by Gasteiger charge is 2.31. The van der Waals surface area contributed by atoms with Crippen molar-refractivity contribution < 1.29 is 18.3 Å². The molecule has 0 saturated heterocycles. The standard InChI is InChI=1S/C20H15ClF2N2O3/c1-25(20(27)10-3-2-4-11(21)5-10)17-9-28-8-16-18(17)12-6-14(22)15(23)7-13(12)19(26)24-16/h2-7,17H,8-9H2,1H3,(H,24,26)/t17-/m1/s1. The Kier molecular flexibility index (Phi) is 4.64. The van der Waals surface area contributed by atoms with Crippen LogP contribution in [0.4, 0.5) is 8.78 Å².